The summed E-state index contributed by atoms with van der Waals surface area (Å²) in [6.45, 7) is 9.69. The van der Waals surface area contributed by atoms with E-state index in [0.29, 0.717) is 0 Å². The highest BCUT2D eigenvalue weighted by Crippen LogP contribution is 2.06. The first kappa shape index (κ1) is 13.9. The topological polar surface area (TPSA) is 52.3 Å². The van der Waals surface area contributed by atoms with Crippen LogP contribution in [0.15, 0.2) is 12.7 Å². The van der Waals surface area contributed by atoms with Gasteiger partial charge in [-0.15, -0.1) is 0 Å². The molecule has 4 heteroatoms. The minimum absolute atomic E-state index is 0.481. The summed E-state index contributed by atoms with van der Waals surface area (Å²) < 4.78 is 5.23. The SMILES string of the molecule is C=CC(N)=O.CC[Si](C)(C)OC. The fourth-order valence-electron chi connectivity index (χ4n) is 0.144. The fourth-order valence-corrected chi connectivity index (χ4v) is 0.433. The van der Waals surface area contributed by atoms with Crippen molar-refractivity contribution in [1.29, 1.82) is 0 Å². The predicted molar refractivity (Wildman–Crippen MR) is 54.4 cm³/mol. The minimum Gasteiger partial charge on any atom is -0.420 e. The molecule has 2 N–H and O–H groups in total. The average molecular weight is 189 g/mol. The molecule has 3 nitrogen and oxygen atoms in total. The van der Waals surface area contributed by atoms with Crippen molar-refractivity contribution in [3.05, 3.63) is 12.7 Å². The quantitative estimate of drug-likeness (QED) is 0.540. The molecule has 72 valence electrons. The Morgan fingerprint density at radius 3 is 2.00 bits per heavy atom. The van der Waals surface area contributed by atoms with Gasteiger partial charge in [-0.3, -0.25) is 4.79 Å². The van der Waals surface area contributed by atoms with Gasteiger partial charge in [-0.2, -0.15) is 0 Å². The molecule has 1 amide bonds. The zero-order valence-corrected chi connectivity index (χ0v) is 9.39. The maximum atomic E-state index is 9.47. The maximum Gasteiger partial charge on any atom is 0.240 e. The summed E-state index contributed by atoms with van der Waals surface area (Å²) in [5.74, 6) is -0.481. The fraction of sp³-hybridized carbons (Fsp3) is 0.625. The lowest BCUT2D eigenvalue weighted by Gasteiger charge is -2.15. The zero-order valence-electron chi connectivity index (χ0n) is 8.39. The summed E-state index contributed by atoms with van der Waals surface area (Å²) in [4.78, 5) is 9.47. The third kappa shape index (κ3) is 12.1. The van der Waals surface area contributed by atoms with Gasteiger partial charge < -0.3 is 10.2 Å². The molecule has 0 fully saturated rings. The second kappa shape index (κ2) is 7.06. The number of nitrogens with two attached hydrogens (primary N) is 1. The van der Waals surface area contributed by atoms with Gasteiger partial charge >= 0.3 is 0 Å². The first-order valence-electron chi connectivity index (χ1n) is 3.86. The van der Waals surface area contributed by atoms with Crippen LogP contribution in [0, 0.1) is 0 Å². The third-order valence-corrected chi connectivity index (χ3v) is 4.41. The second-order valence-electron chi connectivity index (χ2n) is 2.92. The molecule has 0 aromatic rings. The summed E-state index contributed by atoms with van der Waals surface area (Å²) in [5, 5.41) is 0. The van der Waals surface area contributed by atoms with Crippen molar-refractivity contribution in [1.82, 2.24) is 0 Å². The van der Waals surface area contributed by atoms with E-state index in [9.17, 15) is 4.79 Å². The van der Waals surface area contributed by atoms with Crippen molar-refractivity contribution in [3.8, 4) is 0 Å². The molecule has 0 aliphatic heterocycles. The van der Waals surface area contributed by atoms with Crippen LogP contribution < -0.4 is 5.73 Å². The lowest BCUT2D eigenvalue weighted by Crippen LogP contribution is -2.26. The summed E-state index contributed by atoms with van der Waals surface area (Å²) in [6, 6.07) is 1.21. The van der Waals surface area contributed by atoms with Crippen LogP contribution in [0.5, 0.6) is 0 Å². The third-order valence-electron chi connectivity index (χ3n) is 1.61. The monoisotopic (exact) mass is 189 g/mol. The van der Waals surface area contributed by atoms with Gasteiger partial charge in [0.25, 0.3) is 0 Å². The van der Waals surface area contributed by atoms with Gasteiger partial charge in [0.2, 0.25) is 5.91 Å². The summed E-state index contributed by atoms with van der Waals surface area (Å²) >= 11 is 0. The largest absolute Gasteiger partial charge is 0.420 e. The van der Waals surface area contributed by atoms with E-state index in [2.05, 4.69) is 32.3 Å². The number of primary amides is 1. The van der Waals surface area contributed by atoms with Crippen LogP contribution in [0.3, 0.4) is 0 Å². The van der Waals surface area contributed by atoms with E-state index in [1.54, 1.807) is 7.11 Å². The van der Waals surface area contributed by atoms with Gasteiger partial charge in [-0.05, 0) is 25.2 Å². The predicted octanol–water partition coefficient (Wildman–Crippen LogP) is 1.52. The Kier molecular flexibility index (Phi) is 8.20. The normalized spacial score (nSPS) is 9.67. The standard InChI is InChI=1S/C5H14OSi.C3H5NO/c1-5-7(3,4)6-2;1-2-3(4)5/h5H2,1-4H3;2H,1H2,(H2,4,5). The first-order chi connectivity index (χ1) is 5.39. The summed E-state index contributed by atoms with van der Waals surface area (Å²) in [6.07, 6.45) is 1.06. The summed E-state index contributed by atoms with van der Waals surface area (Å²) in [7, 11) is 0.650. The Labute approximate surface area is 75.7 Å². The van der Waals surface area contributed by atoms with E-state index >= 15 is 0 Å². The molecule has 0 spiro atoms. The number of hydrogen-bond donors (Lipinski definition) is 1. The number of rotatable bonds is 3. The highest BCUT2D eigenvalue weighted by atomic mass is 28.4. The number of amides is 1. The Morgan fingerprint density at radius 2 is 2.00 bits per heavy atom. The number of hydrogen-bond acceptors (Lipinski definition) is 2. The van der Waals surface area contributed by atoms with Gasteiger partial charge in [-0.1, -0.05) is 13.5 Å². The van der Waals surface area contributed by atoms with Crippen LogP contribution in [0.2, 0.25) is 19.1 Å². The molecule has 0 saturated heterocycles. The molecule has 0 atom stereocenters. The molecule has 0 heterocycles. The van der Waals surface area contributed by atoms with E-state index in [1.165, 1.54) is 6.04 Å². The van der Waals surface area contributed by atoms with Crippen LogP contribution in [0.25, 0.3) is 0 Å². The smallest absolute Gasteiger partial charge is 0.240 e. The molecule has 0 unspecified atom stereocenters. The van der Waals surface area contributed by atoms with E-state index in [0.717, 1.165) is 6.08 Å². The maximum absolute atomic E-state index is 9.47. The van der Waals surface area contributed by atoms with Crippen molar-refractivity contribution in [3.63, 3.8) is 0 Å². The van der Waals surface area contributed by atoms with Crippen molar-refractivity contribution >= 4 is 14.2 Å². The van der Waals surface area contributed by atoms with E-state index in [1.807, 2.05) is 0 Å². The van der Waals surface area contributed by atoms with E-state index in [4.69, 9.17) is 4.43 Å². The van der Waals surface area contributed by atoms with Gasteiger partial charge in [0.15, 0.2) is 8.32 Å². The zero-order chi connectivity index (χ0) is 10.2. The molecule has 0 saturated carbocycles. The van der Waals surface area contributed by atoms with E-state index in [-0.39, 0.29) is 0 Å². The lowest BCUT2D eigenvalue weighted by atomic mass is 10.6. The average Bonchev–Trinajstić information content (AvgIpc) is 2.05. The molecule has 0 aromatic carbocycles. The van der Waals surface area contributed by atoms with Crippen molar-refractivity contribution in [2.75, 3.05) is 7.11 Å². The minimum atomic E-state index is -1.15. The highest BCUT2D eigenvalue weighted by molar-refractivity contribution is 6.70. The summed E-state index contributed by atoms with van der Waals surface area (Å²) in [5.41, 5.74) is 4.53. The lowest BCUT2D eigenvalue weighted by molar-refractivity contribution is -0.113. The number of carbonyl (C=O) groups is 1. The molecule has 0 aromatic heterocycles. The van der Waals surface area contributed by atoms with E-state index < -0.39 is 14.2 Å². The second-order valence-corrected chi connectivity index (χ2v) is 7.56. The Balaban J connectivity index is 0. The van der Waals surface area contributed by atoms with Crippen LogP contribution in [0.4, 0.5) is 0 Å². The van der Waals surface area contributed by atoms with Gasteiger partial charge in [0.1, 0.15) is 0 Å². The van der Waals surface area contributed by atoms with Crippen molar-refractivity contribution < 1.29 is 9.22 Å². The van der Waals surface area contributed by atoms with Gasteiger partial charge in [0, 0.05) is 7.11 Å². The molecular weight excluding hydrogens is 170 g/mol. The Morgan fingerprint density at radius 1 is 1.67 bits per heavy atom. The first-order valence-corrected chi connectivity index (χ1v) is 6.98. The van der Waals surface area contributed by atoms with Crippen LogP contribution in [-0.4, -0.2) is 21.3 Å². The molecule has 0 aliphatic carbocycles. The van der Waals surface area contributed by atoms with Crippen LogP contribution >= 0.6 is 0 Å². The molecule has 0 aliphatic rings. The van der Waals surface area contributed by atoms with Crippen molar-refractivity contribution in [2.24, 2.45) is 5.73 Å². The van der Waals surface area contributed by atoms with Crippen LogP contribution in [-0.2, 0) is 9.22 Å². The molecule has 12 heavy (non-hydrogen) atoms. The van der Waals surface area contributed by atoms with Gasteiger partial charge in [-0.25, -0.2) is 0 Å². The van der Waals surface area contributed by atoms with Gasteiger partial charge in [0.05, 0.1) is 0 Å². The number of carbonyl (C=O) groups excluding carboxylic acids is 1. The highest BCUT2D eigenvalue weighted by Gasteiger charge is 2.15. The van der Waals surface area contributed by atoms with Crippen LogP contribution in [0.1, 0.15) is 6.92 Å². The molecule has 0 radical (unpaired) electrons. The Bertz CT molecular complexity index is 140. The Hall–Kier alpha value is -0.613. The van der Waals surface area contributed by atoms with Crippen molar-refractivity contribution in [2.45, 2.75) is 26.1 Å². The molecule has 0 bridgehead atoms. The molecule has 0 rings (SSSR count). The molecular formula is C8H19NO2Si.